The average Bonchev–Trinajstić information content (AvgIpc) is 1.91. The first-order chi connectivity index (χ1) is 3.30. The normalized spacial score (nSPS) is 27.6. The zero-order valence-corrected chi connectivity index (χ0v) is 5.93. The fourth-order valence-electron chi connectivity index (χ4n) is 0.511. The van der Waals surface area contributed by atoms with Crippen LogP contribution in [0.4, 0.5) is 0 Å². The molecule has 0 unspecified atom stereocenters. The molecule has 0 spiro atoms. The number of carbonyl (C=O) groups excluding carboxylic acids is 1. The van der Waals surface area contributed by atoms with Crippen molar-refractivity contribution in [3.8, 4) is 0 Å². The molecule has 1 aliphatic rings. The summed E-state index contributed by atoms with van der Waals surface area (Å²) < 4.78 is 0. The third kappa shape index (κ3) is 1.65. The van der Waals surface area contributed by atoms with E-state index >= 15 is 0 Å². The molecular formula is C4H8ClNOS. The Morgan fingerprint density at radius 3 is 2.50 bits per heavy atom. The van der Waals surface area contributed by atoms with Gasteiger partial charge in [0.15, 0.2) is 0 Å². The standard InChI is InChI=1S/C4H7NOS.ClH/c5-3-1-2-7-4(3)6;/h3H,1-2,5H2;1H/t3-;/m1./s1. The average molecular weight is 154 g/mol. The molecule has 1 rings (SSSR count). The van der Waals surface area contributed by atoms with Gasteiger partial charge in [-0.1, -0.05) is 11.8 Å². The van der Waals surface area contributed by atoms with Gasteiger partial charge in [0.1, 0.15) is 0 Å². The van der Waals surface area contributed by atoms with E-state index in [0.717, 1.165) is 12.2 Å². The van der Waals surface area contributed by atoms with Gasteiger partial charge in [0, 0.05) is 5.75 Å². The second-order valence-corrected chi connectivity index (χ2v) is 2.66. The van der Waals surface area contributed by atoms with Crippen molar-refractivity contribution in [2.75, 3.05) is 5.75 Å². The number of carbonyl (C=O) groups is 1. The van der Waals surface area contributed by atoms with Crippen LogP contribution >= 0.6 is 24.2 Å². The summed E-state index contributed by atoms with van der Waals surface area (Å²) in [6, 6.07) is -0.162. The lowest BCUT2D eigenvalue weighted by molar-refractivity contribution is -0.111. The molecule has 1 heterocycles. The molecule has 2 N–H and O–H groups in total. The molecule has 1 saturated heterocycles. The summed E-state index contributed by atoms with van der Waals surface area (Å²) in [5.74, 6) is 0.917. The Morgan fingerprint density at radius 2 is 2.38 bits per heavy atom. The van der Waals surface area contributed by atoms with Gasteiger partial charge in [0.25, 0.3) is 0 Å². The number of halogens is 1. The number of nitrogens with two attached hydrogens (primary N) is 1. The summed E-state index contributed by atoms with van der Waals surface area (Å²) in [6.07, 6.45) is 0.865. The van der Waals surface area contributed by atoms with Crippen molar-refractivity contribution in [3.05, 3.63) is 0 Å². The van der Waals surface area contributed by atoms with Gasteiger partial charge in [-0.3, -0.25) is 4.79 Å². The summed E-state index contributed by atoms with van der Waals surface area (Å²) in [5, 5.41) is 0.153. The quantitative estimate of drug-likeness (QED) is 0.548. The van der Waals surface area contributed by atoms with Crippen LogP contribution < -0.4 is 5.73 Å². The summed E-state index contributed by atoms with van der Waals surface area (Å²) in [5.41, 5.74) is 5.31. The van der Waals surface area contributed by atoms with Crippen LogP contribution in [0.5, 0.6) is 0 Å². The van der Waals surface area contributed by atoms with Crippen molar-refractivity contribution in [3.63, 3.8) is 0 Å². The van der Waals surface area contributed by atoms with Crippen LogP contribution in [0, 0.1) is 0 Å². The van der Waals surface area contributed by atoms with E-state index < -0.39 is 0 Å². The van der Waals surface area contributed by atoms with E-state index in [1.54, 1.807) is 0 Å². The first-order valence-corrected chi connectivity index (χ1v) is 3.21. The van der Waals surface area contributed by atoms with E-state index in [1.807, 2.05) is 0 Å². The molecule has 4 heteroatoms. The third-order valence-electron chi connectivity index (χ3n) is 0.976. The van der Waals surface area contributed by atoms with Crippen molar-refractivity contribution in [1.29, 1.82) is 0 Å². The molecule has 1 fully saturated rings. The van der Waals surface area contributed by atoms with Crippen molar-refractivity contribution in [1.82, 2.24) is 0 Å². The number of hydrogen-bond acceptors (Lipinski definition) is 3. The molecular weight excluding hydrogens is 146 g/mol. The summed E-state index contributed by atoms with van der Waals surface area (Å²) in [7, 11) is 0. The van der Waals surface area contributed by atoms with Crippen LogP contribution in [0.3, 0.4) is 0 Å². The maximum Gasteiger partial charge on any atom is 0.205 e. The van der Waals surface area contributed by atoms with Gasteiger partial charge < -0.3 is 5.73 Å². The maximum absolute atomic E-state index is 10.4. The van der Waals surface area contributed by atoms with Crippen LogP contribution in [-0.2, 0) is 4.79 Å². The van der Waals surface area contributed by atoms with Crippen molar-refractivity contribution in [2.45, 2.75) is 12.5 Å². The molecule has 0 radical (unpaired) electrons. The Morgan fingerprint density at radius 1 is 1.75 bits per heavy atom. The molecule has 0 saturated carbocycles. The molecule has 0 aromatic carbocycles. The molecule has 0 aromatic heterocycles. The second kappa shape index (κ2) is 3.33. The highest BCUT2D eigenvalue weighted by molar-refractivity contribution is 8.14. The van der Waals surface area contributed by atoms with Gasteiger partial charge in [-0.25, -0.2) is 0 Å². The van der Waals surface area contributed by atoms with Gasteiger partial charge in [-0.2, -0.15) is 0 Å². The zero-order chi connectivity index (χ0) is 5.28. The van der Waals surface area contributed by atoms with E-state index in [4.69, 9.17) is 5.73 Å². The molecule has 1 atom stereocenters. The fourth-order valence-corrected chi connectivity index (χ4v) is 1.42. The Bertz CT molecular complexity index is 98.0. The predicted molar refractivity (Wildman–Crippen MR) is 37.3 cm³/mol. The van der Waals surface area contributed by atoms with Crippen LogP contribution in [0.15, 0.2) is 0 Å². The highest BCUT2D eigenvalue weighted by atomic mass is 35.5. The fraction of sp³-hybridized carbons (Fsp3) is 0.750. The van der Waals surface area contributed by atoms with Gasteiger partial charge in [0.05, 0.1) is 6.04 Å². The lowest BCUT2D eigenvalue weighted by atomic mass is 10.3. The van der Waals surface area contributed by atoms with Crippen LogP contribution in [0.1, 0.15) is 6.42 Å². The molecule has 0 bridgehead atoms. The SMILES string of the molecule is Cl.N[C@@H]1CCSC1=O. The number of thioether (sulfide) groups is 1. The number of rotatable bonds is 0. The van der Waals surface area contributed by atoms with Crippen molar-refractivity contribution in [2.24, 2.45) is 5.73 Å². The van der Waals surface area contributed by atoms with Crippen LogP contribution in [-0.4, -0.2) is 16.9 Å². The Kier molecular flexibility index (Phi) is 3.44. The summed E-state index contributed by atoms with van der Waals surface area (Å²) in [6.45, 7) is 0. The Hall–Kier alpha value is 0.270. The molecule has 48 valence electrons. The lowest BCUT2D eigenvalue weighted by Gasteiger charge is -1.90. The molecule has 0 amide bonds. The molecule has 0 aliphatic carbocycles. The molecule has 0 aromatic rings. The molecule has 2 nitrogen and oxygen atoms in total. The van der Waals surface area contributed by atoms with E-state index in [0.29, 0.717) is 0 Å². The van der Waals surface area contributed by atoms with E-state index in [1.165, 1.54) is 11.8 Å². The minimum atomic E-state index is -0.162. The molecule has 8 heavy (non-hydrogen) atoms. The molecule has 1 aliphatic heterocycles. The lowest BCUT2D eigenvalue weighted by Crippen LogP contribution is -2.22. The smallest absolute Gasteiger partial charge is 0.205 e. The second-order valence-electron chi connectivity index (χ2n) is 1.56. The van der Waals surface area contributed by atoms with Crippen LogP contribution in [0.2, 0.25) is 0 Å². The zero-order valence-electron chi connectivity index (χ0n) is 4.29. The largest absolute Gasteiger partial charge is 0.321 e. The van der Waals surface area contributed by atoms with Gasteiger partial charge in [0.2, 0.25) is 5.12 Å². The summed E-state index contributed by atoms with van der Waals surface area (Å²) in [4.78, 5) is 10.4. The topological polar surface area (TPSA) is 43.1 Å². The van der Waals surface area contributed by atoms with Crippen LogP contribution in [0.25, 0.3) is 0 Å². The minimum absolute atomic E-state index is 0. The van der Waals surface area contributed by atoms with Gasteiger partial charge in [-0.15, -0.1) is 12.4 Å². The first-order valence-electron chi connectivity index (χ1n) is 2.23. The predicted octanol–water partition coefficient (Wildman–Crippen LogP) is 0.399. The minimum Gasteiger partial charge on any atom is -0.321 e. The van der Waals surface area contributed by atoms with E-state index in [9.17, 15) is 4.79 Å². The van der Waals surface area contributed by atoms with Crippen molar-refractivity contribution >= 4 is 29.3 Å². The first kappa shape index (κ1) is 8.27. The van der Waals surface area contributed by atoms with Gasteiger partial charge in [-0.05, 0) is 6.42 Å². The maximum atomic E-state index is 10.4. The highest BCUT2D eigenvalue weighted by Gasteiger charge is 2.19. The Labute approximate surface area is 58.6 Å². The summed E-state index contributed by atoms with van der Waals surface area (Å²) >= 11 is 1.34. The monoisotopic (exact) mass is 153 g/mol. The van der Waals surface area contributed by atoms with Gasteiger partial charge >= 0.3 is 0 Å². The van der Waals surface area contributed by atoms with E-state index in [-0.39, 0.29) is 23.6 Å². The highest BCUT2D eigenvalue weighted by Crippen LogP contribution is 2.16. The third-order valence-corrected chi connectivity index (χ3v) is 2.00. The van der Waals surface area contributed by atoms with E-state index in [2.05, 4.69) is 0 Å². The van der Waals surface area contributed by atoms with Crippen molar-refractivity contribution < 1.29 is 4.79 Å². The Balaban J connectivity index is 0.000000490. The number of hydrogen-bond donors (Lipinski definition) is 1.